The number of nitrogens with zero attached hydrogens (tertiary/aromatic N) is 2. The zero-order chi connectivity index (χ0) is 15.4. The third kappa shape index (κ3) is 3.20. The number of hydrogen-bond donors (Lipinski definition) is 1. The summed E-state index contributed by atoms with van der Waals surface area (Å²) >= 11 is 0. The van der Waals surface area contributed by atoms with Crippen molar-refractivity contribution in [3.05, 3.63) is 41.5 Å². The fourth-order valence-electron chi connectivity index (χ4n) is 2.74. The van der Waals surface area contributed by atoms with Crippen molar-refractivity contribution in [3.8, 4) is 5.75 Å². The maximum atomic E-state index is 6.32. The molecule has 0 radical (unpaired) electrons. The largest absolute Gasteiger partial charge is 0.494 e. The molecule has 0 unspecified atom stereocenters. The van der Waals surface area contributed by atoms with Gasteiger partial charge in [-0.25, -0.2) is 0 Å². The van der Waals surface area contributed by atoms with Gasteiger partial charge in [-0.05, 0) is 43.5 Å². The van der Waals surface area contributed by atoms with E-state index < -0.39 is 5.54 Å². The lowest BCUT2D eigenvalue weighted by atomic mass is 9.99. The first-order valence-corrected chi connectivity index (χ1v) is 7.74. The van der Waals surface area contributed by atoms with Crippen molar-refractivity contribution >= 4 is 12.2 Å². The van der Waals surface area contributed by atoms with E-state index in [2.05, 4.69) is 10.1 Å². The molecule has 0 saturated heterocycles. The van der Waals surface area contributed by atoms with Crippen LogP contribution in [0.25, 0.3) is 12.2 Å². The first-order chi connectivity index (χ1) is 10.7. The summed E-state index contributed by atoms with van der Waals surface area (Å²) in [5, 5.41) is 4.04. The Hall–Kier alpha value is -2.14. The molecule has 5 heteroatoms. The van der Waals surface area contributed by atoms with E-state index in [0.717, 1.165) is 37.0 Å². The molecular weight excluding hydrogens is 278 g/mol. The molecule has 3 rings (SSSR count). The Morgan fingerprint density at radius 1 is 1.23 bits per heavy atom. The van der Waals surface area contributed by atoms with Crippen molar-refractivity contribution in [2.24, 2.45) is 5.73 Å². The zero-order valence-electron chi connectivity index (χ0n) is 12.8. The summed E-state index contributed by atoms with van der Waals surface area (Å²) in [6.45, 7) is 2.64. The highest BCUT2D eigenvalue weighted by Crippen LogP contribution is 2.34. The minimum absolute atomic E-state index is 0.408. The summed E-state index contributed by atoms with van der Waals surface area (Å²) in [5.41, 5.74) is 6.96. The fourth-order valence-corrected chi connectivity index (χ4v) is 2.74. The van der Waals surface area contributed by atoms with E-state index in [-0.39, 0.29) is 0 Å². The van der Waals surface area contributed by atoms with Crippen LogP contribution in [0.1, 0.15) is 49.9 Å². The Morgan fingerprint density at radius 2 is 1.95 bits per heavy atom. The van der Waals surface area contributed by atoms with E-state index in [4.69, 9.17) is 15.0 Å². The quantitative estimate of drug-likeness (QED) is 0.916. The van der Waals surface area contributed by atoms with Crippen molar-refractivity contribution in [1.82, 2.24) is 10.1 Å². The van der Waals surface area contributed by atoms with E-state index in [1.165, 1.54) is 0 Å². The normalized spacial score (nSPS) is 17.2. The molecule has 1 fully saturated rings. The minimum atomic E-state index is -0.408. The van der Waals surface area contributed by atoms with Crippen LogP contribution >= 0.6 is 0 Å². The topological polar surface area (TPSA) is 74.2 Å². The van der Waals surface area contributed by atoms with Gasteiger partial charge in [0.05, 0.1) is 12.1 Å². The Morgan fingerprint density at radius 3 is 2.64 bits per heavy atom. The van der Waals surface area contributed by atoms with Gasteiger partial charge >= 0.3 is 0 Å². The Kier molecular flexibility index (Phi) is 4.24. The van der Waals surface area contributed by atoms with Gasteiger partial charge < -0.3 is 15.0 Å². The molecular formula is C17H21N3O2. The van der Waals surface area contributed by atoms with Crippen molar-refractivity contribution in [1.29, 1.82) is 0 Å². The molecule has 0 amide bonds. The summed E-state index contributed by atoms with van der Waals surface area (Å²) < 4.78 is 10.7. The van der Waals surface area contributed by atoms with Gasteiger partial charge in [0.1, 0.15) is 5.75 Å². The van der Waals surface area contributed by atoms with Crippen LogP contribution in [-0.2, 0) is 5.54 Å². The molecule has 0 aliphatic heterocycles. The van der Waals surface area contributed by atoms with Crippen molar-refractivity contribution in [2.75, 3.05) is 6.61 Å². The maximum Gasteiger partial charge on any atom is 0.250 e. The second-order valence-electron chi connectivity index (χ2n) is 5.65. The number of benzene rings is 1. The molecule has 1 aliphatic carbocycles. The van der Waals surface area contributed by atoms with Crippen LogP contribution in [-0.4, -0.2) is 16.7 Å². The second-order valence-corrected chi connectivity index (χ2v) is 5.65. The van der Waals surface area contributed by atoms with Gasteiger partial charge in [0, 0.05) is 6.08 Å². The lowest BCUT2D eigenvalue weighted by Crippen LogP contribution is -2.34. The average Bonchev–Trinajstić information content (AvgIpc) is 3.17. The smallest absolute Gasteiger partial charge is 0.250 e. The average molecular weight is 299 g/mol. The van der Waals surface area contributed by atoms with Crippen LogP contribution < -0.4 is 10.5 Å². The predicted octanol–water partition coefficient (Wildman–Crippen LogP) is 3.37. The van der Waals surface area contributed by atoms with Gasteiger partial charge in [-0.3, -0.25) is 0 Å². The molecule has 116 valence electrons. The molecule has 1 aromatic carbocycles. The van der Waals surface area contributed by atoms with Gasteiger partial charge in [0.25, 0.3) is 5.89 Å². The van der Waals surface area contributed by atoms with Gasteiger partial charge in [-0.2, -0.15) is 4.98 Å². The summed E-state index contributed by atoms with van der Waals surface area (Å²) in [7, 11) is 0. The standard InChI is InChI=1S/C17H21N3O2/c1-2-21-14-8-5-13(6-9-14)7-10-15-19-16(20-22-15)17(18)11-3-4-12-17/h5-10H,2-4,11-12,18H2,1H3/b10-7+. The Bertz CT molecular complexity index is 640. The minimum Gasteiger partial charge on any atom is -0.494 e. The van der Waals surface area contributed by atoms with E-state index in [1.807, 2.05) is 43.3 Å². The SMILES string of the molecule is CCOc1ccc(/C=C/c2nc(C3(N)CCCC3)no2)cc1. The molecule has 0 spiro atoms. The fraction of sp³-hybridized carbons (Fsp3) is 0.412. The maximum absolute atomic E-state index is 6.32. The van der Waals surface area contributed by atoms with Crippen molar-refractivity contribution < 1.29 is 9.26 Å². The Labute approximate surface area is 130 Å². The zero-order valence-corrected chi connectivity index (χ0v) is 12.8. The van der Waals surface area contributed by atoms with Crippen molar-refractivity contribution in [2.45, 2.75) is 38.1 Å². The van der Waals surface area contributed by atoms with E-state index in [9.17, 15) is 0 Å². The summed E-state index contributed by atoms with van der Waals surface area (Å²) in [4.78, 5) is 4.41. The summed E-state index contributed by atoms with van der Waals surface area (Å²) in [6.07, 6.45) is 7.85. The molecule has 1 aliphatic rings. The van der Waals surface area contributed by atoms with Crippen LogP contribution in [0, 0.1) is 0 Å². The summed E-state index contributed by atoms with van der Waals surface area (Å²) in [6, 6.07) is 7.85. The summed E-state index contributed by atoms with van der Waals surface area (Å²) in [5.74, 6) is 1.97. The Balaban J connectivity index is 1.69. The molecule has 1 heterocycles. The molecule has 0 atom stereocenters. The highest BCUT2D eigenvalue weighted by atomic mass is 16.5. The third-order valence-corrected chi connectivity index (χ3v) is 3.99. The first-order valence-electron chi connectivity index (χ1n) is 7.74. The number of hydrogen-bond acceptors (Lipinski definition) is 5. The molecule has 5 nitrogen and oxygen atoms in total. The van der Waals surface area contributed by atoms with Crippen molar-refractivity contribution in [3.63, 3.8) is 0 Å². The number of ether oxygens (including phenoxy) is 1. The lowest BCUT2D eigenvalue weighted by molar-refractivity contribution is 0.340. The third-order valence-electron chi connectivity index (χ3n) is 3.99. The van der Waals surface area contributed by atoms with E-state index >= 15 is 0 Å². The van der Waals surface area contributed by atoms with Gasteiger partial charge in [-0.1, -0.05) is 30.1 Å². The lowest BCUT2D eigenvalue weighted by Gasteiger charge is -2.17. The molecule has 1 aromatic heterocycles. The highest BCUT2D eigenvalue weighted by molar-refractivity contribution is 5.66. The first kappa shape index (κ1) is 14.8. The van der Waals surface area contributed by atoms with Gasteiger partial charge in [0.2, 0.25) is 0 Å². The molecule has 1 saturated carbocycles. The van der Waals surface area contributed by atoms with Gasteiger partial charge in [-0.15, -0.1) is 0 Å². The number of rotatable bonds is 5. The molecule has 2 N–H and O–H groups in total. The van der Waals surface area contributed by atoms with Crippen LogP contribution in [0.5, 0.6) is 5.75 Å². The number of aromatic nitrogens is 2. The monoisotopic (exact) mass is 299 g/mol. The predicted molar refractivity (Wildman–Crippen MR) is 85.2 cm³/mol. The molecule has 2 aromatic rings. The van der Waals surface area contributed by atoms with Crippen LogP contribution in [0.15, 0.2) is 28.8 Å². The molecule has 22 heavy (non-hydrogen) atoms. The molecule has 0 bridgehead atoms. The van der Waals surface area contributed by atoms with Crippen LogP contribution in [0.3, 0.4) is 0 Å². The number of nitrogens with two attached hydrogens (primary N) is 1. The van der Waals surface area contributed by atoms with Crippen LogP contribution in [0.4, 0.5) is 0 Å². The highest BCUT2D eigenvalue weighted by Gasteiger charge is 2.35. The second kappa shape index (κ2) is 6.32. The van der Waals surface area contributed by atoms with E-state index in [0.29, 0.717) is 18.3 Å². The van der Waals surface area contributed by atoms with Crippen LogP contribution in [0.2, 0.25) is 0 Å². The van der Waals surface area contributed by atoms with E-state index in [1.54, 1.807) is 0 Å². The van der Waals surface area contributed by atoms with Gasteiger partial charge in [0.15, 0.2) is 5.82 Å².